The average molecular weight is 510 g/mol. The summed E-state index contributed by atoms with van der Waals surface area (Å²) in [6, 6.07) is 7.86. The van der Waals surface area contributed by atoms with Gasteiger partial charge in [0.1, 0.15) is 11.9 Å². The Labute approximate surface area is 213 Å². The number of thiophene rings is 1. The number of nitrogens with zero attached hydrogens (tertiary/aromatic N) is 2. The molecule has 1 aliphatic carbocycles. The number of hydrogen-bond acceptors (Lipinski definition) is 6. The maximum Gasteiger partial charge on any atom is 0.234 e. The highest BCUT2D eigenvalue weighted by Gasteiger charge is 2.72. The first-order chi connectivity index (χ1) is 16.7. The molecule has 8 heteroatoms. The largest absolute Gasteiger partial charge is 0.488 e. The molecule has 4 atom stereocenters. The van der Waals surface area contributed by atoms with E-state index in [1.165, 1.54) is 4.90 Å². The number of ether oxygens (including phenoxy) is 1. The predicted octanol–water partition coefficient (Wildman–Crippen LogP) is 5.05. The Bertz CT molecular complexity index is 1360. The van der Waals surface area contributed by atoms with E-state index in [9.17, 15) is 9.59 Å². The summed E-state index contributed by atoms with van der Waals surface area (Å²) in [6.45, 7) is 10.3. The predicted molar refractivity (Wildman–Crippen MR) is 138 cm³/mol. The van der Waals surface area contributed by atoms with Gasteiger partial charge in [-0.3, -0.25) is 19.5 Å². The quantitative estimate of drug-likeness (QED) is 0.487. The summed E-state index contributed by atoms with van der Waals surface area (Å²) in [5.74, 6) is 0.826. The van der Waals surface area contributed by atoms with Crippen molar-refractivity contribution in [3.63, 3.8) is 0 Å². The van der Waals surface area contributed by atoms with Crippen molar-refractivity contribution in [2.75, 3.05) is 13.1 Å². The average Bonchev–Trinajstić information content (AvgIpc) is 3.16. The number of carbonyl (C=O) groups excluding carboxylic acids is 2. The first-order valence-electron chi connectivity index (χ1n) is 12.1. The molecule has 0 bridgehead atoms. The lowest BCUT2D eigenvalue weighted by Crippen LogP contribution is -2.35. The number of carbonyl (C=O) groups is 2. The van der Waals surface area contributed by atoms with Crippen LogP contribution in [0.4, 0.5) is 0 Å². The standard InChI is InChI=1S/C27H28ClN3O3S/c1-13-7-15(28)8-18(23(13)34-20-11-29-10-14(20)2)17-5-6-30-19-9-16(35-24(17)19)12-31-25(32)21-22(26(31)33)27(21,3)4/h5-9,14,20-22,29H,10-12H2,1-4H3/t14-,20+,21?,22?/m0/s1. The van der Waals surface area contributed by atoms with Crippen molar-refractivity contribution in [3.05, 3.63) is 45.9 Å². The number of fused-ring (bicyclic) bond motifs is 2. The molecule has 2 amide bonds. The number of benzene rings is 1. The van der Waals surface area contributed by atoms with Crippen LogP contribution in [0.2, 0.25) is 5.02 Å². The third-order valence-corrected chi connectivity index (χ3v) is 9.27. The number of nitrogens with one attached hydrogen (secondary N) is 1. The maximum absolute atomic E-state index is 12.8. The van der Waals surface area contributed by atoms with Crippen LogP contribution in [0.1, 0.15) is 31.2 Å². The van der Waals surface area contributed by atoms with E-state index in [1.807, 2.05) is 45.0 Å². The maximum atomic E-state index is 12.8. The van der Waals surface area contributed by atoms with Crippen LogP contribution in [0.15, 0.2) is 30.5 Å². The smallest absolute Gasteiger partial charge is 0.234 e. The molecule has 1 N–H and O–H groups in total. The van der Waals surface area contributed by atoms with E-state index in [4.69, 9.17) is 16.3 Å². The van der Waals surface area contributed by atoms with E-state index in [0.717, 1.165) is 50.6 Å². The van der Waals surface area contributed by atoms with E-state index >= 15 is 0 Å². The molecule has 2 saturated heterocycles. The molecule has 6 nitrogen and oxygen atoms in total. The van der Waals surface area contributed by atoms with Crippen molar-refractivity contribution >= 4 is 45.0 Å². The van der Waals surface area contributed by atoms with Crippen molar-refractivity contribution in [1.82, 2.24) is 15.2 Å². The van der Waals surface area contributed by atoms with Crippen molar-refractivity contribution < 1.29 is 14.3 Å². The van der Waals surface area contributed by atoms with Gasteiger partial charge in [0.15, 0.2) is 0 Å². The fraction of sp³-hybridized carbons (Fsp3) is 0.444. The lowest BCUT2D eigenvalue weighted by atomic mass is 10.0. The lowest BCUT2D eigenvalue weighted by molar-refractivity contribution is -0.143. The number of likely N-dealkylation sites (tertiary alicyclic amines) is 1. The number of rotatable bonds is 5. The van der Waals surface area contributed by atoms with Crippen LogP contribution in [0.5, 0.6) is 5.75 Å². The van der Waals surface area contributed by atoms with Crippen LogP contribution in [0.25, 0.3) is 21.3 Å². The minimum atomic E-state index is -0.202. The fourth-order valence-electron chi connectivity index (χ4n) is 5.77. The molecule has 35 heavy (non-hydrogen) atoms. The Morgan fingerprint density at radius 3 is 2.60 bits per heavy atom. The summed E-state index contributed by atoms with van der Waals surface area (Å²) >= 11 is 8.07. The first-order valence-corrected chi connectivity index (χ1v) is 13.3. The Morgan fingerprint density at radius 1 is 1.17 bits per heavy atom. The van der Waals surface area contributed by atoms with Gasteiger partial charge in [-0.25, -0.2) is 0 Å². The molecular weight excluding hydrogens is 482 g/mol. The normalized spacial score (nSPS) is 27.1. The SMILES string of the molecule is Cc1cc(Cl)cc(-c2ccnc3cc(CN4C(=O)C5C(C4=O)C5(C)C)sc23)c1O[C@@H]1CNC[C@@H]1C. The Balaban J connectivity index is 1.36. The van der Waals surface area contributed by atoms with Gasteiger partial charge in [0, 0.05) is 46.2 Å². The molecule has 1 aromatic carbocycles. The summed E-state index contributed by atoms with van der Waals surface area (Å²) in [7, 11) is 0. The first kappa shape index (κ1) is 23.0. The highest BCUT2D eigenvalue weighted by Crippen LogP contribution is 2.63. The van der Waals surface area contributed by atoms with Gasteiger partial charge in [-0.1, -0.05) is 32.4 Å². The van der Waals surface area contributed by atoms with Crippen LogP contribution in [-0.2, 0) is 16.1 Å². The van der Waals surface area contributed by atoms with Gasteiger partial charge >= 0.3 is 0 Å². The molecule has 2 aliphatic heterocycles. The summed E-state index contributed by atoms with van der Waals surface area (Å²) in [6.07, 6.45) is 1.88. The van der Waals surface area contributed by atoms with Gasteiger partial charge in [-0.2, -0.15) is 0 Å². The number of aryl methyl sites for hydroxylation is 1. The number of imide groups is 1. The summed E-state index contributed by atoms with van der Waals surface area (Å²) in [5, 5.41) is 4.05. The van der Waals surface area contributed by atoms with Gasteiger partial charge in [0.25, 0.3) is 0 Å². The Kier molecular flexibility index (Phi) is 5.26. The number of pyridine rings is 1. The fourth-order valence-corrected chi connectivity index (χ4v) is 7.18. The van der Waals surface area contributed by atoms with E-state index in [1.54, 1.807) is 17.5 Å². The Morgan fingerprint density at radius 2 is 1.91 bits per heavy atom. The minimum Gasteiger partial charge on any atom is -0.488 e. The van der Waals surface area contributed by atoms with Crippen LogP contribution >= 0.6 is 22.9 Å². The van der Waals surface area contributed by atoms with Gasteiger partial charge < -0.3 is 10.1 Å². The van der Waals surface area contributed by atoms with Crippen LogP contribution < -0.4 is 10.1 Å². The van der Waals surface area contributed by atoms with Crippen molar-refractivity contribution in [1.29, 1.82) is 0 Å². The molecular formula is C27H28ClN3O3S. The second kappa shape index (κ2) is 8.02. The van der Waals surface area contributed by atoms with E-state index in [-0.39, 0.29) is 35.2 Å². The van der Waals surface area contributed by atoms with Crippen LogP contribution in [-0.4, -0.2) is 40.9 Å². The van der Waals surface area contributed by atoms with Gasteiger partial charge in [-0.05, 0) is 42.2 Å². The molecule has 6 rings (SSSR count). The zero-order chi connectivity index (χ0) is 24.6. The zero-order valence-electron chi connectivity index (χ0n) is 20.2. The molecule has 3 aromatic rings. The van der Waals surface area contributed by atoms with Crippen molar-refractivity contribution in [3.8, 4) is 16.9 Å². The third kappa shape index (κ3) is 3.59. The number of hydrogen-bond donors (Lipinski definition) is 1. The molecule has 182 valence electrons. The van der Waals surface area contributed by atoms with E-state index in [0.29, 0.717) is 17.5 Å². The zero-order valence-corrected chi connectivity index (χ0v) is 21.8. The van der Waals surface area contributed by atoms with Gasteiger partial charge in [0.2, 0.25) is 11.8 Å². The molecule has 3 fully saturated rings. The minimum absolute atomic E-state index is 0.0453. The number of aromatic nitrogens is 1. The Hall–Kier alpha value is -2.48. The third-order valence-electron chi connectivity index (χ3n) is 7.91. The second-order valence-corrected chi connectivity index (χ2v) is 12.3. The van der Waals surface area contributed by atoms with Crippen molar-refractivity contribution in [2.45, 2.75) is 40.3 Å². The second-order valence-electron chi connectivity index (χ2n) is 10.7. The monoisotopic (exact) mass is 509 g/mol. The topological polar surface area (TPSA) is 71.5 Å². The molecule has 0 radical (unpaired) electrons. The van der Waals surface area contributed by atoms with Crippen LogP contribution in [0.3, 0.4) is 0 Å². The van der Waals surface area contributed by atoms with Gasteiger partial charge in [-0.15, -0.1) is 11.3 Å². The van der Waals surface area contributed by atoms with Crippen LogP contribution in [0, 0.1) is 30.1 Å². The summed E-state index contributed by atoms with van der Waals surface area (Å²) in [4.78, 5) is 32.6. The number of halogens is 1. The highest BCUT2D eigenvalue weighted by molar-refractivity contribution is 7.19. The van der Waals surface area contributed by atoms with E-state index in [2.05, 4.69) is 17.2 Å². The van der Waals surface area contributed by atoms with E-state index < -0.39 is 0 Å². The summed E-state index contributed by atoms with van der Waals surface area (Å²) < 4.78 is 7.55. The number of piperidine rings is 1. The molecule has 1 saturated carbocycles. The lowest BCUT2D eigenvalue weighted by Gasteiger charge is -2.22. The number of amides is 2. The van der Waals surface area contributed by atoms with Gasteiger partial charge in [0.05, 0.1) is 28.6 Å². The molecule has 2 unspecified atom stereocenters. The van der Waals surface area contributed by atoms with Crippen molar-refractivity contribution in [2.24, 2.45) is 23.2 Å². The summed E-state index contributed by atoms with van der Waals surface area (Å²) in [5.41, 5.74) is 3.56. The highest BCUT2D eigenvalue weighted by atomic mass is 35.5. The molecule has 2 aromatic heterocycles. The molecule has 0 spiro atoms. The molecule has 4 heterocycles. The molecule has 3 aliphatic rings.